The van der Waals surface area contributed by atoms with E-state index in [0.29, 0.717) is 19.6 Å². The Balaban J connectivity index is 5.39. The molecule has 3 atom stereocenters. The van der Waals surface area contributed by atoms with Crippen LogP contribution in [0, 0.1) is 11.3 Å². The Kier molecular flexibility index (Phi) is 10.1. The van der Waals surface area contributed by atoms with Gasteiger partial charge in [-0.15, -0.1) is 0 Å². The highest BCUT2D eigenvalue weighted by molar-refractivity contribution is 6.74. The van der Waals surface area contributed by atoms with E-state index >= 15 is 0 Å². The summed E-state index contributed by atoms with van der Waals surface area (Å²) in [4.78, 5) is 12.2. The zero-order valence-electron chi connectivity index (χ0n) is 20.4. The van der Waals surface area contributed by atoms with Crippen LogP contribution in [0.3, 0.4) is 0 Å². The molecule has 0 aliphatic rings. The monoisotopic (exact) mass is 434 g/mol. The zero-order valence-corrected chi connectivity index (χ0v) is 22.4. The summed E-state index contributed by atoms with van der Waals surface area (Å²) < 4.78 is 18.0. The molecule has 0 aromatic heterocycles. The quantitative estimate of drug-likeness (QED) is 0.357. The van der Waals surface area contributed by atoms with Crippen molar-refractivity contribution in [2.45, 2.75) is 105 Å². The van der Waals surface area contributed by atoms with Crippen molar-refractivity contribution in [2.24, 2.45) is 11.3 Å². The lowest BCUT2D eigenvalue weighted by Gasteiger charge is -2.43. The molecular weight excluding hydrogens is 388 g/mol. The Labute approximate surface area is 175 Å². The molecule has 0 aliphatic carbocycles. The van der Waals surface area contributed by atoms with Gasteiger partial charge in [-0.25, -0.2) is 0 Å². The number of carbonyl (C=O) groups excluding carboxylic acids is 1. The molecule has 7 heteroatoms. The normalized spacial score (nSPS) is 17.2. The van der Waals surface area contributed by atoms with Crippen molar-refractivity contribution in [1.29, 1.82) is 0 Å². The van der Waals surface area contributed by atoms with Gasteiger partial charge in [-0.2, -0.15) is 0 Å². The topological polar surface area (TPSA) is 65.0 Å². The molecule has 0 heterocycles. The molecule has 1 N–H and O–H groups in total. The van der Waals surface area contributed by atoms with Crippen LogP contribution in [0.25, 0.3) is 0 Å². The first-order valence-electron chi connectivity index (χ1n) is 10.5. The number of hydrogen-bond acceptors (Lipinski definition) is 5. The maximum Gasteiger partial charge on any atom is 0.311 e. The minimum atomic E-state index is -1.86. The molecule has 0 aliphatic heterocycles. The molecule has 0 rings (SSSR count). The Morgan fingerprint density at radius 1 is 1.04 bits per heavy atom. The average Bonchev–Trinajstić information content (AvgIpc) is 2.50. The SMILES string of the molecule is CCOC(=O)[C@@H](C)[C@H](O)C(C)(C)[C@H](CCO[Si](C)(C)C(C)(C)C)O[Si](C)(C)C. The van der Waals surface area contributed by atoms with Crippen LogP contribution in [0.15, 0.2) is 0 Å². The van der Waals surface area contributed by atoms with Crippen LogP contribution < -0.4 is 0 Å². The molecular formula is C21H46O5Si2. The molecule has 0 bridgehead atoms. The van der Waals surface area contributed by atoms with Crippen molar-refractivity contribution in [3.8, 4) is 0 Å². The molecule has 0 amide bonds. The number of rotatable bonds is 11. The van der Waals surface area contributed by atoms with E-state index in [1.165, 1.54) is 0 Å². The van der Waals surface area contributed by atoms with Crippen LogP contribution in [0.5, 0.6) is 0 Å². The van der Waals surface area contributed by atoms with Crippen molar-refractivity contribution >= 4 is 22.6 Å². The number of carbonyl (C=O) groups is 1. The van der Waals surface area contributed by atoms with E-state index in [1.54, 1.807) is 13.8 Å². The number of hydrogen-bond donors (Lipinski definition) is 1. The van der Waals surface area contributed by atoms with Crippen LogP contribution in [0.2, 0.25) is 37.8 Å². The summed E-state index contributed by atoms with van der Waals surface area (Å²) in [6.07, 6.45) is -0.368. The number of aliphatic hydroxyl groups excluding tert-OH is 1. The maximum atomic E-state index is 12.2. The van der Waals surface area contributed by atoms with E-state index in [2.05, 4.69) is 53.5 Å². The second-order valence-electron chi connectivity index (χ2n) is 10.9. The second kappa shape index (κ2) is 10.2. The van der Waals surface area contributed by atoms with Gasteiger partial charge >= 0.3 is 5.97 Å². The minimum absolute atomic E-state index is 0.148. The van der Waals surface area contributed by atoms with Crippen LogP contribution in [0.1, 0.15) is 54.9 Å². The second-order valence-corrected chi connectivity index (χ2v) is 20.2. The molecule has 0 saturated carbocycles. The number of aliphatic hydroxyl groups is 1. The Bertz CT molecular complexity index is 492. The third-order valence-electron chi connectivity index (χ3n) is 5.87. The van der Waals surface area contributed by atoms with Gasteiger partial charge in [-0.1, -0.05) is 34.6 Å². The summed E-state index contributed by atoms with van der Waals surface area (Å²) in [5.41, 5.74) is -0.608. The summed E-state index contributed by atoms with van der Waals surface area (Å²) in [7, 11) is -3.71. The summed E-state index contributed by atoms with van der Waals surface area (Å²) >= 11 is 0. The van der Waals surface area contributed by atoms with Crippen LogP contribution >= 0.6 is 0 Å². The largest absolute Gasteiger partial charge is 0.466 e. The van der Waals surface area contributed by atoms with Gasteiger partial charge in [-0.3, -0.25) is 4.79 Å². The van der Waals surface area contributed by atoms with Gasteiger partial charge in [0.05, 0.1) is 24.7 Å². The van der Waals surface area contributed by atoms with E-state index in [0.717, 1.165) is 0 Å². The molecule has 0 radical (unpaired) electrons. The van der Waals surface area contributed by atoms with Crippen molar-refractivity contribution < 1.29 is 23.5 Å². The number of ether oxygens (including phenoxy) is 1. The first kappa shape index (κ1) is 27.8. The van der Waals surface area contributed by atoms with Gasteiger partial charge < -0.3 is 18.7 Å². The molecule has 0 aromatic carbocycles. The van der Waals surface area contributed by atoms with E-state index in [9.17, 15) is 9.90 Å². The van der Waals surface area contributed by atoms with E-state index in [-0.39, 0.29) is 17.1 Å². The highest BCUT2D eigenvalue weighted by Crippen LogP contribution is 2.38. The fraction of sp³-hybridized carbons (Fsp3) is 0.952. The lowest BCUT2D eigenvalue weighted by molar-refractivity contribution is -0.157. The smallest absolute Gasteiger partial charge is 0.311 e. The van der Waals surface area contributed by atoms with Crippen LogP contribution in [-0.2, 0) is 18.4 Å². The molecule has 0 spiro atoms. The molecule has 0 fully saturated rings. The number of esters is 1. The van der Waals surface area contributed by atoms with Gasteiger partial charge in [0.2, 0.25) is 0 Å². The van der Waals surface area contributed by atoms with Gasteiger partial charge in [0.25, 0.3) is 0 Å². The highest BCUT2D eigenvalue weighted by atomic mass is 28.4. The predicted octanol–water partition coefficient (Wildman–Crippen LogP) is 5.20. The Hall–Kier alpha value is -0.216. The summed E-state index contributed by atoms with van der Waals surface area (Å²) in [5.74, 6) is -0.976. The summed E-state index contributed by atoms with van der Waals surface area (Å²) in [5, 5.41) is 11.1. The standard InChI is InChI=1S/C21H46O5Si2/c1-13-24-19(23)16(2)18(22)21(6,7)17(26-27(8,9)10)14-15-25-28(11,12)20(3,4)5/h16-18,22H,13-15H2,1-12H3/t16-,17-,18-/m0/s1. The summed E-state index contributed by atoms with van der Waals surface area (Å²) in [6, 6.07) is 0. The lowest BCUT2D eigenvalue weighted by atomic mass is 9.75. The molecule has 168 valence electrons. The fourth-order valence-corrected chi connectivity index (χ4v) is 5.22. The van der Waals surface area contributed by atoms with Crippen molar-refractivity contribution in [3.63, 3.8) is 0 Å². The molecule has 0 aromatic rings. The van der Waals surface area contributed by atoms with Crippen LogP contribution in [0.4, 0.5) is 0 Å². The van der Waals surface area contributed by atoms with Gasteiger partial charge in [-0.05, 0) is 58.0 Å². The minimum Gasteiger partial charge on any atom is -0.466 e. The Morgan fingerprint density at radius 2 is 1.54 bits per heavy atom. The van der Waals surface area contributed by atoms with E-state index in [1.807, 2.05) is 13.8 Å². The molecule has 0 saturated heterocycles. The zero-order chi connectivity index (χ0) is 22.6. The average molecular weight is 435 g/mol. The molecule has 0 unspecified atom stereocenters. The molecule has 28 heavy (non-hydrogen) atoms. The van der Waals surface area contributed by atoms with E-state index < -0.39 is 34.1 Å². The van der Waals surface area contributed by atoms with Crippen LogP contribution in [-0.4, -0.2) is 53.1 Å². The van der Waals surface area contributed by atoms with E-state index in [4.69, 9.17) is 13.6 Å². The fourth-order valence-electron chi connectivity index (χ4n) is 2.88. The predicted molar refractivity (Wildman–Crippen MR) is 122 cm³/mol. The third-order valence-corrected chi connectivity index (χ3v) is 11.4. The first-order valence-corrected chi connectivity index (χ1v) is 16.8. The molecule has 5 nitrogen and oxygen atoms in total. The third kappa shape index (κ3) is 8.26. The summed E-state index contributed by atoms with van der Waals surface area (Å²) in [6.45, 7) is 26.0. The van der Waals surface area contributed by atoms with Crippen molar-refractivity contribution in [3.05, 3.63) is 0 Å². The highest BCUT2D eigenvalue weighted by Gasteiger charge is 2.44. The lowest BCUT2D eigenvalue weighted by Crippen LogP contribution is -2.51. The van der Waals surface area contributed by atoms with Crippen molar-refractivity contribution in [2.75, 3.05) is 13.2 Å². The Morgan fingerprint density at radius 3 is 1.93 bits per heavy atom. The first-order chi connectivity index (χ1) is 12.4. The maximum absolute atomic E-state index is 12.2. The van der Waals surface area contributed by atoms with Crippen molar-refractivity contribution in [1.82, 2.24) is 0 Å². The van der Waals surface area contributed by atoms with Gasteiger partial charge in [0.1, 0.15) is 0 Å². The van der Waals surface area contributed by atoms with Gasteiger partial charge in [0, 0.05) is 12.0 Å². The van der Waals surface area contributed by atoms with Gasteiger partial charge in [0.15, 0.2) is 16.6 Å².